The minimum absolute atomic E-state index is 0. The molecule has 0 saturated heterocycles. The number of rotatable bonds is 3. The van der Waals surface area contributed by atoms with Crippen molar-refractivity contribution in [1.29, 1.82) is 0 Å². The Labute approximate surface area is 207 Å². The van der Waals surface area contributed by atoms with Crippen LogP contribution in [-0.4, -0.2) is 0 Å². The Morgan fingerprint density at radius 1 is 0.586 bits per heavy atom. The minimum Gasteiger partial charge on any atom is -1.00 e. The third kappa shape index (κ3) is 5.81. The summed E-state index contributed by atoms with van der Waals surface area (Å²) in [7, 11) is 0. The van der Waals surface area contributed by atoms with E-state index >= 15 is 0 Å². The SMILES string of the molecule is CC1=C(C)C(C(c2cc(C)cc(C)c2)c2cc(C)cc(C)c2)[C]([Ti+3])=C1C.[Cl-].[Cl-].[Cl-]. The van der Waals surface area contributed by atoms with Crippen molar-refractivity contribution in [3.63, 3.8) is 0 Å². The van der Waals surface area contributed by atoms with Crippen molar-refractivity contribution in [3.8, 4) is 0 Å². The second-order valence-corrected chi connectivity index (χ2v) is 8.99. The summed E-state index contributed by atoms with van der Waals surface area (Å²) in [6, 6.07) is 14.1. The summed E-state index contributed by atoms with van der Waals surface area (Å²) >= 11 is 2.33. The maximum atomic E-state index is 2.39. The normalized spacial score (nSPS) is 15.9. The van der Waals surface area contributed by atoms with Crippen LogP contribution in [0.2, 0.25) is 0 Å². The number of hydrogen-bond acceptors (Lipinski definition) is 0. The number of aryl methyl sites for hydroxylation is 4. The predicted octanol–water partition coefficient (Wildman–Crippen LogP) is -2.15. The van der Waals surface area contributed by atoms with Gasteiger partial charge in [-0.3, -0.25) is 0 Å². The van der Waals surface area contributed by atoms with E-state index in [0.29, 0.717) is 11.8 Å². The molecule has 0 aliphatic heterocycles. The van der Waals surface area contributed by atoms with Crippen molar-refractivity contribution in [1.82, 2.24) is 0 Å². The van der Waals surface area contributed by atoms with Gasteiger partial charge in [-0.05, 0) is 0 Å². The van der Waals surface area contributed by atoms with Gasteiger partial charge >= 0.3 is 171 Å². The molecule has 4 heteroatoms. The second kappa shape index (κ2) is 11.2. The number of halogens is 3. The first-order valence-electron chi connectivity index (χ1n) is 9.45. The monoisotopic (exact) mass is 482 g/mol. The molecule has 1 aliphatic carbocycles. The van der Waals surface area contributed by atoms with Crippen molar-refractivity contribution in [2.45, 2.75) is 54.4 Å². The van der Waals surface area contributed by atoms with Crippen LogP contribution < -0.4 is 37.2 Å². The van der Waals surface area contributed by atoms with Gasteiger partial charge in [-0.1, -0.05) is 0 Å². The first-order chi connectivity index (χ1) is 12.2. The van der Waals surface area contributed by atoms with Crippen LogP contribution in [0.4, 0.5) is 0 Å². The molecule has 29 heavy (non-hydrogen) atoms. The summed E-state index contributed by atoms with van der Waals surface area (Å²) in [5.41, 5.74) is 12.8. The van der Waals surface area contributed by atoms with E-state index in [1.165, 1.54) is 54.0 Å². The molecule has 0 bridgehead atoms. The molecule has 1 unspecified atom stereocenters. The fourth-order valence-corrected chi connectivity index (χ4v) is 5.44. The molecule has 0 radical (unpaired) electrons. The van der Waals surface area contributed by atoms with E-state index < -0.39 is 0 Å². The van der Waals surface area contributed by atoms with Gasteiger partial charge in [0.2, 0.25) is 0 Å². The first-order valence-corrected chi connectivity index (χ1v) is 10.2. The van der Waals surface area contributed by atoms with E-state index in [-0.39, 0.29) is 37.2 Å². The quantitative estimate of drug-likeness (QED) is 0.437. The van der Waals surface area contributed by atoms with Crippen molar-refractivity contribution in [3.05, 3.63) is 90.4 Å². The minimum atomic E-state index is 0. The fourth-order valence-electron chi connectivity index (χ4n) is 4.55. The molecule has 0 saturated carbocycles. The van der Waals surface area contributed by atoms with Gasteiger partial charge in [-0.25, -0.2) is 0 Å². The molecule has 2 aromatic rings. The van der Waals surface area contributed by atoms with E-state index in [2.05, 4.69) is 105 Å². The van der Waals surface area contributed by atoms with Crippen molar-refractivity contribution >= 4 is 0 Å². The fraction of sp³-hybridized carbons (Fsp3) is 0.360. The maximum Gasteiger partial charge on any atom is -1.00 e. The van der Waals surface area contributed by atoms with E-state index in [0.717, 1.165) is 0 Å². The number of benzene rings is 2. The van der Waals surface area contributed by atoms with Crippen LogP contribution in [0.15, 0.2) is 57.0 Å². The van der Waals surface area contributed by atoms with Gasteiger partial charge in [0.25, 0.3) is 0 Å². The summed E-state index contributed by atoms with van der Waals surface area (Å²) in [5.74, 6) is 0.831. The van der Waals surface area contributed by atoms with E-state index in [4.69, 9.17) is 0 Å². The van der Waals surface area contributed by atoms with Crippen LogP contribution >= 0.6 is 0 Å². The zero-order valence-corrected chi connectivity index (χ0v) is 22.1. The summed E-state index contributed by atoms with van der Waals surface area (Å²) in [5, 5.41) is 0. The molecule has 0 spiro atoms. The molecular weight excluding hydrogens is 455 g/mol. The Morgan fingerprint density at radius 3 is 1.21 bits per heavy atom. The van der Waals surface area contributed by atoms with Gasteiger partial charge in [-0.15, -0.1) is 0 Å². The van der Waals surface area contributed by atoms with E-state index in [1.54, 1.807) is 0 Å². The molecular formula is C25H29Cl3Ti. The van der Waals surface area contributed by atoms with Gasteiger partial charge in [0.05, 0.1) is 0 Å². The van der Waals surface area contributed by atoms with Gasteiger partial charge in [0.1, 0.15) is 0 Å². The van der Waals surface area contributed by atoms with Crippen LogP contribution in [0.3, 0.4) is 0 Å². The average molecular weight is 484 g/mol. The Hall–Kier alpha value is -0.496. The summed E-state index contributed by atoms with van der Waals surface area (Å²) in [6.07, 6.45) is 0. The number of hydrogen-bond donors (Lipinski definition) is 0. The van der Waals surface area contributed by atoms with Crippen molar-refractivity contribution in [2.24, 2.45) is 5.92 Å². The second-order valence-electron chi connectivity index (χ2n) is 8.14. The predicted molar refractivity (Wildman–Crippen MR) is 108 cm³/mol. The Balaban J connectivity index is 0.00000261. The summed E-state index contributed by atoms with van der Waals surface area (Å²) in [6.45, 7) is 15.8. The summed E-state index contributed by atoms with van der Waals surface area (Å²) < 4.78 is 1.53. The summed E-state index contributed by atoms with van der Waals surface area (Å²) in [4.78, 5) is 0. The molecule has 0 fully saturated rings. The molecule has 2 aromatic carbocycles. The van der Waals surface area contributed by atoms with E-state index in [9.17, 15) is 0 Å². The van der Waals surface area contributed by atoms with E-state index in [1.807, 2.05) is 0 Å². The van der Waals surface area contributed by atoms with Crippen LogP contribution in [-0.2, 0) is 20.4 Å². The molecule has 0 nitrogen and oxygen atoms in total. The van der Waals surface area contributed by atoms with Gasteiger partial charge in [0.15, 0.2) is 0 Å². The third-order valence-corrected chi connectivity index (χ3v) is 6.95. The van der Waals surface area contributed by atoms with Crippen LogP contribution in [0.1, 0.15) is 60.1 Å². The maximum absolute atomic E-state index is 2.39. The van der Waals surface area contributed by atoms with Gasteiger partial charge < -0.3 is 37.2 Å². The number of allylic oxidation sites excluding steroid dienone is 4. The zero-order chi connectivity index (χ0) is 19.2. The van der Waals surface area contributed by atoms with Gasteiger partial charge in [-0.2, -0.15) is 0 Å². The topological polar surface area (TPSA) is 0 Å². The Bertz CT molecular complexity index is 825. The molecule has 1 atom stereocenters. The molecule has 3 rings (SSSR count). The van der Waals surface area contributed by atoms with Crippen LogP contribution in [0.5, 0.6) is 0 Å². The van der Waals surface area contributed by atoms with Crippen LogP contribution in [0.25, 0.3) is 0 Å². The smallest absolute Gasteiger partial charge is 1.00 e. The molecule has 0 heterocycles. The van der Waals surface area contributed by atoms with Gasteiger partial charge in [0, 0.05) is 0 Å². The molecule has 0 aromatic heterocycles. The largest absolute Gasteiger partial charge is 1.00 e. The van der Waals surface area contributed by atoms with Crippen molar-refractivity contribution < 1.29 is 57.7 Å². The zero-order valence-electron chi connectivity index (χ0n) is 18.3. The Kier molecular flexibility index (Phi) is 11.0. The molecule has 1 aliphatic rings. The first kappa shape index (κ1) is 28.5. The van der Waals surface area contributed by atoms with Crippen molar-refractivity contribution in [2.75, 3.05) is 0 Å². The molecule has 0 N–H and O–H groups in total. The van der Waals surface area contributed by atoms with Crippen LogP contribution in [0, 0.1) is 33.6 Å². The standard InChI is InChI=1S/C25H29.3ClH.Ti/c1-15-8-16(2)11-22(10-15)25(23-12-17(3)9-18(4)13-23)24-14-19(5)20(6)21(24)7;;;;/h8-13,24-25H,1-7H3;3*1H;/q;;;;+3/p-3. The molecule has 154 valence electrons. The molecule has 0 amide bonds. The average Bonchev–Trinajstić information content (AvgIpc) is 2.71. The third-order valence-electron chi connectivity index (χ3n) is 5.88. The Morgan fingerprint density at radius 2 is 0.931 bits per heavy atom.